The third-order valence-corrected chi connectivity index (χ3v) is 1.78. The van der Waals surface area contributed by atoms with E-state index in [4.69, 9.17) is 5.73 Å². The molecule has 4 heteroatoms. The molecule has 0 aliphatic rings. The third kappa shape index (κ3) is 1.51. The molecule has 66 valence electrons. The van der Waals surface area contributed by atoms with Gasteiger partial charge in [0.05, 0.1) is 5.52 Å². The quantitative estimate of drug-likeness (QED) is 0.723. The number of carbonyl (C=O) groups is 1. The van der Waals surface area contributed by atoms with Gasteiger partial charge in [-0.2, -0.15) is 5.10 Å². The molecule has 2 N–H and O–H groups in total. The van der Waals surface area contributed by atoms with Crippen molar-refractivity contribution in [3.05, 3.63) is 30.5 Å². The van der Waals surface area contributed by atoms with Gasteiger partial charge < -0.3 is 5.73 Å². The maximum Gasteiger partial charge on any atom is 0.239 e. The van der Waals surface area contributed by atoms with Gasteiger partial charge in [-0.25, -0.2) is 0 Å². The van der Waals surface area contributed by atoms with Gasteiger partial charge in [-0.1, -0.05) is 18.2 Å². The molecule has 0 aliphatic heterocycles. The Morgan fingerprint density at radius 2 is 2.23 bits per heavy atom. The van der Waals surface area contributed by atoms with Crippen LogP contribution in [-0.2, 0) is 11.3 Å². The van der Waals surface area contributed by atoms with Crippen LogP contribution in [0.1, 0.15) is 0 Å². The van der Waals surface area contributed by atoms with Gasteiger partial charge in [0.15, 0.2) is 0 Å². The largest absolute Gasteiger partial charge is 0.368 e. The summed E-state index contributed by atoms with van der Waals surface area (Å²) in [7, 11) is 0. The average molecular weight is 175 g/mol. The van der Waals surface area contributed by atoms with Crippen molar-refractivity contribution in [1.29, 1.82) is 0 Å². The molecule has 0 radical (unpaired) electrons. The third-order valence-electron chi connectivity index (χ3n) is 1.78. The first-order chi connectivity index (χ1) is 6.25. The minimum atomic E-state index is -0.382. The molecule has 0 spiro atoms. The van der Waals surface area contributed by atoms with E-state index in [9.17, 15) is 4.79 Å². The molecule has 4 nitrogen and oxygen atoms in total. The van der Waals surface area contributed by atoms with E-state index in [1.54, 1.807) is 10.9 Å². The molecule has 0 fully saturated rings. The van der Waals surface area contributed by atoms with Crippen LogP contribution in [0.4, 0.5) is 0 Å². The summed E-state index contributed by atoms with van der Waals surface area (Å²) in [5, 5.41) is 5.19. The van der Waals surface area contributed by atoms with E-state index < -0.39 is 0 Å². The number of primary amides is 1. The van der Waals surface area contributed by atoms with Crippen LogP contribution in [0.25, 0.3) is 10.9 Å². The molecular formula is C9H9N3O. The first-order valence-electron chi connectivity index (χ1n) is 3.96. The number of rotatable bonds is 2. The zero-order chi connectivity index (χ0) is 9.26. The number of nitrogens with zero attached hydrogens (tertiary/aromatic N) is 2. The first-order valence-corrected chi connectivity index (χ1v) is 3.96. The fourth-order valence-corrected chi connectivity index (χ4v) is 1.26. The van der Waals surface area contributed by atoms with Crippen LogP contribution in [0.5, 0.6) is 0 Å². The molecule has 1 heterocycles. The molecule has 13 heavy (non-hydrogen) atoms. The van der Waals surface area contributed by atoms with Gasteiger partial charge >= 0.3 is 0 Å². The Bertz CT molecular complexity index is 414. The minimum Gasteiger partial charge on any atom is -0.368 e. The monoisotopic (exact) mass is 175 g/mol. The van der Waals surface area contributed by atoms with Gasteiger partial charge in [0.2, 0.25) is 5.91 Å². The lowest BCUT2D eigenvalue weighted by molar-refractivity contribution is -0.118. The van der Waals surface area contributed by atoms with Crippen LogP contribution in [0.15, 0.2) is 30.5 Å². The molecule has 1 aromatic heterocycles. The summed E-state index contributed by atoms with van der Waals surface area (Å²) in [5.74, 6) is -0.382. The van der Waals surface area contributed by atoms with Gasteiger partial charge in [-0.05, 0) is 6.07 Å². The van der Waals surface area contributed by atoms with Crippen LogP contribution >= 0.6 is 0 Å². The van der Waals surface area contributed by atoms with E-state index in [-0.39, 0.29) is 12.5 Å². The zero-order valence-corrected chi connectivity index (χ0v) is 6.97. The Morgan fingerprint density at radius 1 is 1.46 bits per heavy atom. The molecule has 0 atom stereocenters. The zero-order valence-electron chi connectivity index (χ0n) is 6.97. The minimum absolute atomic E-state index is 0.134. The Morgan fingerprint density at radius 3 is 2.92 bits per heavy atom. The summed E-state index contributed by atoms with van der Waals surface area (Å²) in [6.45, 7) is 0.134. The molecular weight excluding hydrogens is 166 g/mol. The highest BCUT2D eigenvalue weighted by atomic mass is 16.1. The van der Waals surface area contributed by atoms with Gasteiger partial charge in [-0.3, -0.25) is 9.48 Å². The van der Waals surface area contributed by atoms with Crippen LogP contribution in [0, 0.1) is 0 Å². The van der Waals surface area contributed by atoms with Crippen LogP contribution < -0.4 is 5.73 Å². The maximum atomic E-state index is 10.6. The van der Waals surface area contributed by atoms with E-state index in [2.05, 4.69) is 5.10 Å². The molecule has 0 saturated carbocycles. The summed E-state index contributed by atoms with van der Waals surface area (Å²) in [5.41, 5.74) is 5.93. The van der Waals surface area contributed by atoms with Crippen molar-refractivity contribution in [2.75, 3.05) is 0 Å². The normalized spacial score (nSPS) is 10.5. The second-order valence-electron chi connectivity index (χ2n) is 2.85. The van der Waals surface area contributed by atoms with E-state index in [1.165, 1.54) is 0 Å². The Balaban J connectivity index is 2.44. The number of carbonyl (C=O) groups excluding carboxylic acids is 1. The number of hydrogen-bond donors (Lipinski definition) is 1. The predicted molar refractivity (Wildman–Crippen MR) is 48.9 cm³/mol. The molecule has 1 amide bonds. The van der Waals surface area contributed by atoms with Gasteiger partial charge in [0.25, 0.3) is 0 Å². The molecule has 2 aromatic rings. The highest BCUT2D eigenvalue weighted by Gasteiger charge is 2.00. The molecule has 0 saturated heterocycles. The number of benzene rings is 1. The Kier molecular flexibility index (Phi) is 1.73. The van der Waals surface area contributed by atoms with Crippen molar-refractivity contribution in [2.24, 2.45) is 5.73 Å². The number of hydrogen-bond acceptors (Lipinski definition) is 2. The average Bonchev–Trinajstić information content (AvgIpc) is 2.44. The van der Waals surface area contributed by atoms with E-state index in [0.717, 1.165) is 10.9 Å². The summed E-state index contributed by atoms with van der Waals surface area (Å²) in [6.07, 6.45) is 1.81. The van der Waals surface area contributed by atoms with Gasteiger partial charge in [0, 0.05) is 11.6 Å². The number of amides is 1. The first kappa shape index (κ1) is 7.79. The SMILES string of the molecule is NC(=O)Cn1cc2ccccc2n1. The number of nitrogens with two attached hydrogens (primary N) is 1. The number of fused-ring (bicyclic) bond motifs is 1. The Hall–Kier alpha value is -1.84. The summed E-state index contributed by atoms with van der Waals surface area (Å²) >= 11 is 0. The summed E-state index contributed by atoms with van der Waals surface area (Å²) in [4.78, 5) is 10.6. The summed E-state index contributed by atoms with van der Waals surface area (Å²) in [6, 6.07) is 7.68. The van der Waals surface area contributed by atoms with Crippen molar-refractivity contribution < 1.29 is 4.79 Å². The number of aromatic nitrogens is 2. The van der Waals surface area contributed by atoms with Crippen molar-refractivity contribution >= 4 is 16.8 Å². The highest BCUT2D eigenvalue weighted by molar-refractivity contribution is 5.79. The molecule has 0 bridgehead atoms. The van der Waals surface area contributed by atoms with Crippen LogP contribution in [-0.4, -0.2) is 15.7 Å². The molecule has 0 unspecified atom stereocenters. The van der Waals surface area contributed by atoms with E-state index >= 15 is 0 Å². The molecule has 0 aliphatic carbocycles. The van der Waals surface area contributed by atoms with E-state index in [0.29, 0.717) is 0 Å². The molecule has 1 aromatic carbocycles. The smallest absolute Gasteiger partial charge is 0.239 e. The second kappa shape index (κ2) is 2.90. The highest BCUT2D eigenvalue weighted by Crippen LogP contribution is 2.10. The van der Waals surface area contributed by atoms with E-state index in [1.807, 2.05) is 24.3 Å². The fourth-order valence-electron chi connectivity index (χ4n) is 1.26. The van der Waals surface area contributed by atoms with Crippen molar-refractivity contribution in [2.45, 2.75) is 6.54 Å². The molecule has 2 rings (SSSR count). The van der Waals surface area contributed by atoms with Gasteiger partial charge in [-0.15, -0.1) is 0 Å². The van der Waals surface area contributed by atoms with Crippen LogP contribution in [0.2, 0.25) is 0 Å². The standard InChI is InChI=1S/C9H9N3O/c10-9(13)6-12-5-7-3-1-2-4-8(7)11-12/h1-5H,6H2,(H2,10,13). The fraction of sp³-hybridized carbons (Fsp3) is 0.111. The lowest BCUT2D eigenvalue weighted by Crippen LogP contribution is -2.18. The van der Waals surface area contributed by atoms with Crippen molar-refractivity contribution in [3.63, 3.8) is 0 Å². The predicted octanol–water partition coefficient (Wildman–Crippen LogP) is 0.522. The second-order valence-corrected chi connectivity index (χ2v) is 2.85. The van der Waals surface area contributed by atoms with Crippen LogP contribution in [0.3, 0.4) is 0 Å². The lowest BCUT2D eigenvalue weighted by Gasteiger charge is -1.93. The lowest BCUT2D eigenvalue weighted by atomic mass is 10.3. The van der Waals surface area contributed by atoms with Crippen molar-refractivity contribution in [3.8, 4) is 0 Å². The van der Waals surface area contributed by atoms with Crippen molar-refractivity contribution in [1.82, 2.24) is 9.78 Å². The Labute approximate surface area is 75.0 Å². The van der Waals surface area contributed by atoms with Gasteiger partial charge in [0.1, 0.15) is 6.54 Å². The summed E-state index contributed by atoms with van der Waals surface area (Å²) < 4.78 is 1.55. The topological polar surface area (TPSA) is 60.9 Å². The maximum absolute atomic E-state index is 10.6.